The SMILES string of the molecule is CCNCCCc1nnc(Cc2ccc(Cl)cc2)s1. The molecule has 0 bridgehead atoms. The largest absolute Gasteiger partial charge is 0.317 e. The van der Waals surface area contributed by atoms with Gasteiger partial charge in [0.25, 0.3) is 0 Å². The molecule has 0 unspecified atom stereocenters. The highest BCUT2D eigenvalue weighted by molar-refractivity contribution is 7.11. The molecule has 0 aliphatic rings. The van der Waals surface area contributed by atoms with E-state index < -0.39 is 0 Å². The van der Waals surface area contributed by atoms with Crippen LogP contribution in [0.15, 0.2) is 24.3 Å². The van der Waals surface area contributed by atoms with Crippen LogP contribution < -0.4 is 5.32 Å². The number of aryl methyl sites for hydroxylation is 1. The van der Waals surface area contributed by atoms with Crippen molar-refractivity contribution in [1.29, 1.82) is 0 Å². The van der Waals surface area contributed by atoms with Crippen LogP contribution in [0.25, 0.3) is 0 Å². The monoisotopic (exact) mass is 295 g/mol. The van der Waals surface area contributed by atoms with Gasteiger partial charge in [-0.15, -0.1) is 21.5 Å². The molecule has 0 aliphatic heterocycles. The third kappa shape index (κ3) is 4.90. The number of nitrogens with one attached hydrogen (secondary N) is 1. The minimum absolute atomic E-state index is 0.769. The van der Waals surface area contributed by atoms with Gasteiger partial charge in [0.2, 0.25) is 0 Å². The molecule has 0 radical (unpaired) electrons. The van der Waals surface area contributed by atoms with Crippen molar-refractivity contribution in [2.24, 2.45) is 0 Å². The van der Waals surface area contributed by atoms with E-state index in [0.29, 0.717) is 0 Å². The van der Waals surface area contributed by atoms with Gasteiger partial charge in [0.1, 0.15) is 10.0 Å². The van der Waals surface area contributed by atoms with Crippen LogP contribution in [-0.4, -0.2) is 23.3 Å². The van der Waals surface area contributed by atoms with E-state index in [9.17, 15) is 0 Å². The Hall–Kier alpha value is -0.970. The predicted octanol–water partition coefficient (Wildman–Crippen LogP) is 3.32. The summed E-state index contributed by atoms with van der Waals surface area (Å²) in [6.07, 6.45) is 2.96. The summed E-state index contributed by atoms with van der Waals surface area (Å²) in [5.74, 6) is 0. The van der Waals surface area contributed by atoms with Gasteiger partial charge in [0.05, 0.1) is 0 Å². The summed E-state index contributed by atoms with van der Waals surface area (Å²) in [4.78, 5) is 0. The Balaban J connectivity index is 1.85. The number of hydrogen-bond acceptors (Lipinski definition) is 4. The van der Waals surface area contributed by atoms with Crippen LogP contribution in [0.1, 0.15) is 28.9 Å². The predicted molar refractivity (Wildman–Crippen MR) is 81.0 cm³/mol. The van der Waals surface area contributed by atoms with Gasteiger partial charge in [-0.3, -0.25) is 0 Å². The van der Waals surface area contributed by atoms with E-state index in [2.05, 4.69) is 22.4 Å². The highest BCUT2D eigenvalue weighted by Gasteiger charge is 2.05. The highest BCUT2D eigenvalue weighted by Crippen LogP contribution is 2.17. The van der Waals surface area contributed by atoms with Gasteiger partial charge in [-0.1, -0.05) is 30.7 Å². The summed E-state index contributed by atoms with van der Waals surface area (Å²) in [7, 11) is 0. The fourth-order valence-corrected chi connectivity index (χ4v) is 2.83. The molecule has 0 spiro atoms. The number of hydrogen-bond donors (Lipinski definition) is 1. The Labute approximate surface area is 123 Å². The van der Waals surface area contributed by atoms with Crippen molar-refractivity contribution < 1.29 is 0 Å². The average molecular weight is 296 g/mol. The molecule has 1 N–H and O–H groups in total. The third-order valence-corrected chi connectivity index (χ3v) is 4.01. The molecule has 0 amide bonds. The number of benzene rings is 1. The van der Waals surface area contributed by atoms with E-state index in [0.717, 1.165) is 47.4 Å². The Morgan fingerprint density at radius 1 is 1.16 bits per heavy atom. The van der Waals surface area contributed by atoms with Gasteiger partial charge in [0, 0.05) is 17.9 Å². The number of halogens is 1. The maximum Gasteiger partial charge on any atom is 0.121 e. The van der Waals surface area contributed by atoms with Crippen molar-refractivity contribution in [1.82, 2.24) is 15.5 Å². The topological polar surface area (TPSA) is 37.8 Å². The summed E-state index contributed by atoms with van der Waals surface area (Å²) >= 11 is 7.58. The second-order valence-electron chi connectivity index (χ2n) is 4.35. The van der Waals surface area contributed by atoms with Crippen LogP contribution in [0.2, 0.25) is 5.02 Å². The minimum atomic E-state index is 0.769. The molecule has 5 heteroatoms. The highest BCUT2D eigenvalue weighted by atomic mass is 35.5. The molecule has 0 fully saturated rings. The van der Waals surface area contributed by atoms with Crippen molar-refractivity contribution in [3.05, 3.63) is 44.9 Å². The zero-order valence-corrected chi connectivity index (χ0v) is 12.6. The Morgan fingerprint density at radius 3 is 2.63 bits per heavy atom. The fourth-order valence-electron chi connectivity index (χ4n) is 1.78. The lowest BCUT2D eigenvalue weighted by atomic mass is 10.2. The number of aromatic nitrogens is 2. The molecular formula is C14H18ClN3S. The summed E-state index contributed by atoms with van der Waals surface area (Å²) < 4.78 is 0. The smallest absolute Gasteiger partial charge is 0.121 e. The van der Waals surface area contributed by atoms with E-state index >= 15 is 0 Å². The number of rotatable bonds is 7. The molecule has 0 atom stereocenters. The molecule has 3 nitrogen and oxygen atoms in total. The van der Waals surface area contributed by atoms with Gasteiger partial charge in [-0.25, -0.2) is 0 Å². The summed E-state index contributed by atoms with van der Waals surface area (Å²) in [6, 6.07) is 7.90. The average Bonchev–Trinajstić information content (AvgIpc) is 2.85. The second kappa shape index (κ2) is 7.58. The van der Waals surface area contributed by atoms with Gasteiger partial charge >= 0.3 is 0 Å². The Kier molecular flexibility index (Phi) is 5.76. The first-order valence-electron chi connectivity index (χ1n) is 6.54. The van der Waals surface area contributed by atoms with E-state index in [4.69, 9.17) is 11.6 Å². The molecule has 0 saturated heterocycles. The van der Waals surface area contributed by atoms with E-state index in [1.54, 1.807) is 11.3 Å². The number of nitrogens with zero attached hydrogens (tertiary/aromatic N) is 2. The first-order chi connectivity index (χ1) is 9.28. The summed E-state index contributed by atoms with van der Waals surface area (Å²) in [5, 5.41) is 14.8. The van der Waals surface area contributed by atoms with Crippen molar-refractivity contribution in [2.75, 3.05) is 13.1 Å². The van der Waals surface area contributed by atoms with Crippen LogP contribution in [0, 0.1) is 0 Å². The first kappa shape index (κ1) is 14.4. The van der Waals surface area contributed by atoms with E-state index in [1.807, 2.05) is 24.3 Å². The van der Waals surface area contributed by atoms with Crippen molar-refractivity contribution in [3.8, 4) is 0 Å². The van der Waals surface area contributed by atoms with E-state index in [1.165, 1.54) is 5.56 Å². The van der Waals surface area contributed by atoms with Crippen LogP contribution in [0.3, 0.4) is 0 Å². The maximum absolute atomic E-state index is 5.87. The second-order valence-corrected chi connectivity index (χ2v) is 5.93. The molecule has 0 saturated carbocycles. The van der Waals surface area contributed by atoms with Gasteiger partial charge in [0.15, 0.2) is 0 Å². The third-order valence-electron chi connectivity index (χ3n) is 2.77. The normalized spacial score (nSPS) is 10.8. The van der Waals surface area contributed by atoms with Crippen LogP contribution in [0.5, 0.6) is 0 Å². The lowest BCUT2D eigenvalue weighted by Crippen LogP contribution is -2.14. The zero-order valence-electron chi connectivity index (χ0n) is 11.0. The van der Waals surface area contributed by atoms with Gasteiger partial charge in [-0.05, 0) is 37.2 Å². The van der Waals surface area contributed by atoms with Crippen LogP contribution in [0.4, 0.5) is 0 Å². The standard InChI is InChI=1S/C14H18ClN3S/c1-2-16-9-3-4-13-17-18-14(19-13)10-11-5-7-12(15)8-6-11/h5-8,16H,2-4,9-10H2,1H3. The summed E-state index contributed by atoms with van der Waals surface area (Å²) in [6.45, 7) is 4.19. The molecular weight excluding hydrogens is 278 g/mol. The molecule has 102 valence electrons. The van der Waals surface area contributed by atoms with Gasteiger partial charge < -0.3 is 5.32 Å². The fraction of sp³-hybridized carbons (Fsp3) is 0.429. The summed E-state index contributed by atoms with van der Waals surface area (Å²) in [5.41, 5.74) is 1.22. The van der Waals surface area contributed by atoms with E-state index in [-0.39, 0.29) is 0 Å². The molecule has 2 aromatic rings. The minimum Gasteiger partial charge on any atom is -0.317 e. The molecule has 1 heterocycles. The first-order valence-corrected chi connectivity index (χ1v) is 7.74. The lowest BCUT2D eigenvalue weighted by Gasteiger charge is -1.98. The molecule has 19 heavy (non-hydrogen) atoms. The molecule has 0 aliphatic carbocycles. The van der Waals surface area contributed by atoms with Gasteiger partial charge in [-0.2, -0.15) is 0 Å². The molecule has 1 aromatic carbocycles. The quantitative estimate of drug-likeness (QED) is 0.796. The zero-order chi connectivity index (χ0) is 13.5. The van der Waals surface area contributed by atoms with Crippen LogP contribution >= 0.6 is 22.9 Å². The molecule has 2 rings (SSSR count). The van der Waals surface area contributed by atoms with Crippen molar-refractivity contribution >= 4 is 22.9 Å². The maximum atomic E-state index is 5.87. The Morgan fingerprint density at radius 2 is 1.89 bits per heavy atom. The van der Waals surface area contributed by atoms with Crippen molar-refractivity contribution in [2.45, 2.75) is 26.2 Å². The van der Waals surface area contributed by atoms with Crippen LogP contribution in [-0.2, 0) is 12.8 Å². The lowest BCUT2D eigenvalue weighted by molar-refractivity contribution is 0.669. The molecule has 1 aromatic heterocycles. The van der Waals surface area contributed by atoms with Crippen molar-refractivity contribution in [3.63, 3.8) is 0 Å². The Bertz CT molecular complexity index is 496.